The predicted octanol–water partition coefficient (Wildman–Crippen LogP) is 2.57. The van der Waals surface area contributed by atoms with Crippen molar-refractivity contribution in [2.75, 3.05) is 7.11 Å². The molecule has 0 bridgehead atoms. The number of amides is 1. The maximum absolute atomic E-state index is 12.8. The fraction of sp³-hybridized carbons (Fsp3) is 0.412. The second kappa shape index (κ2) is 9.54. The summed E-state index contributed by atoms with van der Waals surface area (Å²) >= 11 is 11.3. The molecule has 9 heteroatoms. The van der Waals surface area contributed by atoms with Crippen LogP contribution in [-0.2, 0) is 20.8 Å². The topological polar surface area (TPSA) is 105 Å². The van der Waals surface area contributed by atoms with Gasteiger partial charge in [0, 0.05) is 11.1 Å². The lowest BCUT2D eigenvalue weighted by atomic mass is 9.92. The summed E-state index contributed by atoms with van der Waals surface area (Å²) in [6.45, 7) is 3.23. The van der Waals surface area contributed by atoms with E-state index in [0.717, 1.165) is 0 Å². The van der Waals surface area contributed by atoms with Gasteiger partial charge in [-0.05, 0) is 25.0 Å². The molecule has 1 atom stereocenters. The normalized spacial score (nSPS) is 13.5. The number of ketones is 1. The van der Waals surface area contributed by atoms with Crippen molar-refractivity contribution in [1.82, 2.24) is 5.32 Å². The van der Waals surface area contributed by atoms with E-state index in [1.54, 1.807) is 19.1 Å². The summed E-state index contributed by atoms with van der Waals surface area (Å²) in [6, 6.07) is 4.62. The van der Waals surface area contributed by atoms with Crippen molar-refractivity contribution in [3.63, 3.8) is 0 Å². The summed E-state index contributed by atoms with van der Waals surface area (Å²) in [6.07, 6.45) is 1.22. The fourth-order valence-electron chi connectivity index (χ4n) is 2.27. The van der Waals surface area contributed by atoms with Crippen LogP contribution in [0.2, 0.25) is 0 Å². The summed E-state index contributed by atoms with van der Waals surface area (Å²) in [5.41, 5.74) is -0.460. The zero-order valence-electron chi connectivity index (χ0n) is 14.6. The third kappa shape index (κ3) is 5.44. The minimum atomic E-state index is -1.28. The van der Waals surface area contributed by atoms with Crippen LogP contribution in [0.25, 0.3) is 0 Å². The zero-order chi connectivity index (χ0) is 19.9. The maximum Gasteiger partial charge on any atom is 0.307 e. The lowest BCUT2D eigenvalue weighted by molar-refractivity contribution is -0.136. The first kappa shape index (κ1) is 21.9. The molecule has 0 aliphatic rings. The van der Waals surface area contributed by atoms with Crippen molar-refractivity contribution < 1.29 is 24.3 Å². The Balaban J connectivity index is 3.32. The van der Waals surface area contributed by atoms with E-state index in [4.69, 9.17) is 28.3 Å². The third-order valence-electron chi connectivity index (χ3n) is 3.91. The minimum absolute atomic E-state index is 0.151. The Morgan fingerprint density at radius 2 is 2.04 bits per heavy atom. The average molecular weight is 403 g/mol. The number of hydrogen-bond donors (Lipinski definition) is 2. The van der Waals surface area contributed by atoms with Crippen LogP contribution in [0.4, 0.5) is 0 Å². The molecule has 1 rings (SSSR count). The molecule has 26 heavy (non-hydrogen) atoms. The van der Waals surface area contributed by atoms with Crippen LogP contribution >= 0.6 is 23.2 Å². The Morgan fingerprint density at radius 3 is 2.54 bits per heavy atom. The summed E-state index contributed by atoms with van der Waals surface area (Å²) in [7, 11) is 1.32. The lowest BCUT2D eigenvalue weighted by Gasteiger charge is -2.29. The van der Waals surface area contributed by atoms with Crippen molar-refractivity contribution in [2.24, 2.45) is 5.16 Å². The number of carbonyl (C=O) groups excluding carboxylic acids is 2. The van der Waals surface area contributed by atoms with Gasteiger partial charge in [0.05, 0.1) is 18.2 Å². The molecule has 1 unspecified atom stereocenters. The number of hydrogen-bond acceptors (Lipinski definition) is 5. The standard InChI is InChI=1S/C17H20Cl2N2O5/c1-4-17(2,14(24)15(18)19)21-16(25)11-7-5-6-10(8-13(22)23)12(11)9-20-26-3/h5-7,9,15H,4,8H2,1-3H3,(H,21,25)(H,22,23). The van der Waals surface area contributed by atoms with Crippen LogP contribution in [0.5, 0.6) is 0 Å². The second-order valence-corrected chi connectivity index (χ2v) is 6.77. The van der Waals surface area contributed by atoms with Crippen LogP contribution in [0.15, 0.2) is 23.4 Å². The smallest absolute Gasteiger partial charge is 0.307 e. The van der Waals surface area contributed by atoms with Gasteiger partial charge in [-0.1, -0.05) is 47.4 Å². The van der Waals surface area contributed by atoms with Crippen molar-refractivity contribution in [2.45, 2.75) is 37.1 Å². The molecule has 0 saturated carbocycles. The number of carboxylic acid groups (broad SMARTS) is 1. The van der Waals surface area contributed by atoms with Gasteiger partial charge in [-0.15, -0.1) is 0 Å². The van der Waals surface area contributed by atoms with Crippen LogP contribution in [-0.4, -0.2) is 46.5 Å². The molecular weight excluding hydrogens is 383 g/mol. The van der Waals surface area contributed by atoms with Gasteiger partial charge in [0.1, 0.15) is 7.11 Å². The van der Waals surface area contributed by atoms with Gasteiger partial charge in [-0.2, -0.15) is 0 Å². The third-order valence-corrected chi connectivity index (χ3v) is 4.30. The highest BCUT2D eigenvalue weighted by atomic mass is 35.5. The van der Waals surface area contributed by atoms with Crippen molar-refractivity contribution in [1.29, 1.82) is 0 Å². The Bertz CT molecular complexity index is 721. The monoisotopic (exact) mass is 402 g/mol. The Labute approximate surface area is 161 Å². The lowest BCUT2D eigenvalue weighted by Crippen LogP contribution is -2.53. The van der Waals surface area contributed by atoms with E-state index in [0.29, 0.717) is 5.56 Å². The molecule has 0 radical (unpaired) electrons. The number of benzene rings is 1. The average Bonchev–Trinajstić information content (AvgIpc) is 2.58. The van der Waals surface area contributed by atoms with E-state index in [1.807, 2.05) is 0 Å². The number of oxime groups is 1. The van der Waals surface area contributed by atoms with E-state index in [-0.39, 0.29) is 24.0 Å². The Kier molecular flexibility index (Phi) is 8.05. The summed E-state index contributed by atoms with van der Waals surface area (Å²) in [5, 5.41) is 15.3. The highest BCUT2D eigenvalue weighted by Crippen LogP contribution is 2.21. The minimum Gasteiger partial charge on any atom is -0.481 e. The molecular formula is C17H20Cl2N2O5. The van der Waals surface area contributed by atoms with Gasteiger partial charge in [0.2, 0.25) is 0 Å². The molecule has 0 aliphatic carbocycles. The van der Waals surface area contributed by atoms with Gasteiger partial charge >= 0.3 is 5.97 Å². The predicted molar refractivity (Wildman–Crippen MR) is 99.0 cm³/mol. The number of rotatable bonds is 9. The number of carboxylic acids is 1. The molecule has 0 heterocycles. The van der Waals surface area contributed by atoms with Crippen LogP contribution in [0, 0.1) is 0 Å². The number of Topliss-reactive ketones (excluding diaryl/α,β-unsaturated/α-hetero) is 1. The molecule has 0 aromatic heterocycles. The molecule has 0 aliphatic heterocycles. The molecule has 1 amide bonds. The molecule has 2 N–H and O–H groups in total. The molecule has 7 nitrogen and oxygen atoms in total. The second-order valence-electron chi connectivity index (χ2n) is 5.67. The van der Waals surface area contributed by atoms with Gasteiger partial charge in [0.25, 0.3) is 5.91 Å². The number of nitrogens with one attached hydrogen (secondary N) is 1. The van der Waals surface area contributed by atoms with Gasteiger partial charge < -0.3 is 15.3 Å². The van der Waals surface area contributed by atoms with Gasteiger partial charge in [0.15, 0.2) is 10.6 Å². The molecule has 1 aromatic carbocycles. The van der Waals surface area contributed by atoms with E-state index in [9.17, 15) is 14.4 Å². The molecule has 0 saturated heterocycles. The first-order chi connectivity index (χ1) is 12.2. The molecule has 142 valence electrons. The summed E-state index contributed by atoms with van der Waals surface area (Å²) in [4.78, 5) is 39.4. The Hall–Kier alpha value is -2.12. The fourth-order valence-corrected chi connectivity index (χ4v) is 2.75. The van der Waals surface area contributed by atoms with Gasteiger partial charge in [-0.25, -0.2) is 0 Å². The summed E-state index contributed by atoms with van der Waals surface area (Å²) < 4.78 is 0. The largest absolute Gasteiger partial charge is 0.481 e. The number of nitrogens with zero attached hydrogens (tertiary/aromatic N) is 1. The number of alkyl halides is 2. The number of aliphatic carboxylic acids is 1. The highest BCUT2D eigenvalue weighted by molar-refractivity contribution is 6.54. The maximum atomic E-state index is 12.8. The first-order valence-electron chi connectivity index (χ1n) is 7.71. The van der Waals surface area contributed by atoms with E-state index >= 15 is 0 Å². The highest BCUT2D eigenvalue weighted by Gasteiger charge is 2.37. The zero-order valence-corrected chi connectivity index (χ0v) is 16.1. The Morgan fingerprint density at radius 1 is 1.38 bits per heavy atom. The molecule has 1 aromatic rings. The van der Waals surface area contributed by atoms with E-state index in [2.05, 4.69) is 15.3 Å². The van der Waals surface area contributed by atoms with E-state index < -0.39 is 28.0 Å². The summed E-state index contributed by atoms with van der Waals surface area (Å²) in [5.74, 6) is -2.18. The number of halogens is 2. The number of carbonyl (C=O) groups is 3. The van der Waals surface area contributed by atoms with Crippen LogP contribution in [0.3, 0.4) is 0 Å². The van der Waals surface area contributed by atoms with Crippen LogP contribution < -0.4 is 5.32 Å². The quantitative estimate of drug-likeness (QED) is 0.375. The van der Waals surface area contributed by atoms with E-state index in [1.165, 1.54) is 26.3 Å². The van der Waals surface area contributed by atoms with Crippen molar-refractivity contribution in [3.05, 3.63) is 34.9 Å². The van der Waals surface area contributed by atoms with Crippen LogP contribution in [0.1, 0.15) is 41.8 Å². The molecule has 0 spiro atoms. The molecule has 0 fully saturated rings. The SMILES string of the molecule is CCC(C)(NC(=O)c1cccc(CC(=O)O)c1C=NOC)C(=O)C(Cl)Cl. The van der Waals surface area contributed by atoms with Gasteiger partial charge in [-0.3, -0.25) is 14.4 Å². The first-order valence-corrected chi connectivity index (χ1v) is 8.58. The van der Waals surface area contributed by atoms with Crippen molar-refractivity contribution >= 4 is 47.1 Å². The van der Waals surface area contributed by atoms with Crippen molar-refractivity contribution in [3.8, 4) is 0 Å².